The molecule has 0 unspecified atom stereocenters. The van der Waals surface area contributed by atoms with E-state index in [1.54, 1.807) is 18.7 Å². The summed E-state index contributed by atoms with van der Waals surface area (Å²) in [6, 6.07) is 14.4. The van der Waals surface area contributed by atoms with Gasteiger partial charge in [0.1, 0.15) is 18.5 Å². The molecule has 0 aliphatic rings. The molecule has 3 aromatic rings. The van der Waals surface area contributed by atoms with Gasteiger partial charge in [-0.15, -0.1) is 10.2 Å². The molecule has 0 fully saturated rings. The van der Waals surface area contributed by atoms with Gasteiger partial charge in [-0.2, -0.15) is 0 Å². The molecule has 1 N–H and O–H groups in total. The van der Waals surface area contributed by atoms with Crippen molar-refractivity contribution in [2.45, 2.75) is 6.54 Å². The van der Waals surface area contributed by atoms with Crippen molar-refractivity contribution in [1.29, 1.82) is 0 Å². The summed E-state index contributed by atoms with van der Waals surface area (Å²) in [4.78, 5) is 0. The molecule has 3 rings (SSSR count). The van der Waals surface area contributed by atoms with E-state index >= 15 is 0 Å². The Bertz CT molecular complexity index is 695. The van der Waals surface area contributed by atoms with Gasteiger partial charge in [-0.1, -0.05) is 18.2 Å². The highest BCUT2D eigenvalue weighted by molar-refractivity contribution is 5.51. The highest BCUT2D eigenvalue weighted by atomic mass is 19.1. The van der Waals surface area contributed by atoms with Crippen molar-refractivity contribution in [2.24, 2.45) is 0 Å². The normalized spacial score (nSPS) is 10.4. The summed E-state index contributed by atoms with van der Waals surface area (Å²) in [7, 11) is 0. The minimum absolute atomic E-state index is 0.220. The zero-order chi connectivity index (χ0) is 13.8. The lowest BCUT2D eigenvalue weighted by atomic mass is 10.2. The molecule has 1 aromatic heterocycles. The molecule has 0 atom stereocenters. The minimum Gasteiger partial charge on any atom is -0.381 e. The number of halogens is 1. The van der Waals surface area contributed by atoms with Gasteiger partial charge >= 0.3 is 0 Å². The average Bonchev–Trinajstić information content (AvgIpc) is 3.00. The Morgan fingerprint density at radius 1 is 1.00 bits per heavy atom. The number of aromatic nitrogens is 3. The summed E-state index contributed by atoms with van der Waals surface area (Å²) in [5.74, 6) is -0.220. The molecule has 1 heterocycles. The van der Waals surface area contributed by atoms with Crippen molar-refractivity contribution in [3.05, 3.63) is 72.6 Å². The Kier molecular flexibility index (Phi) is 3.41. The van der Waals surface area contributed by atoms with Crippen LogP contribution in [0, 0.1) is 5.82 Å². The second-order valence-corrected chi connectivity index (χ2v) is 4.40. The summed E-state index contributed by atoms with van der Waals surface area (Å²) in [5.41, 5.74) is 2.83. The van der Waals surface area contributed by atoms with E-state index in [4.69, 9.17) is 0 Å². The zero-order valence-electron chi connectivity index (χ0n) is 10.7. The van der Waals surface area contributed by atoms with Gasteiger partial charge in [0, 0.05) is 12.2 Å². The van der Waals surface area contributed by atoms with Gasteiger partial charge in [-0.25, -0.2) is 4.39 Å². The highest BCUT2D eigenvalue weighted by Gasteiger charge is 1.99. The Morgan fingerprint density at radius 2 is 1.80 bits per heavy atom. The molecule has 100 valence electrons. The molecule has 0 radical (unpaired) electrons. The highest BCUT2D eigenvalue weighted by Crippen LogP contribution is 2.15. The number of anilines is 1. The average molecular weight is 268 g/mol. The molecule has 0 saturated heterocycles. The summed E-state index contributed by atoms with van der Waals surface area (Å²) >= 11 is 0. The monoisotopic (exact) mass is 268 g/mol. The molecule has 0 aliphatic carbocycles. The standard InChI is InChI=1S/C15H13FN4/c16-13-4-1-3-12(7-13)9-17-14-5-2-6-15(8-14)20-10-18-19-11-20/h1-8,10-11,17H,9H2. The summed E-state index contributed by atoms with van der Waals surface area (Å²) in [6.07, 6.45) is 3.29. The lowest BCUT2D eigenvalue weighted by Gasteiger charge is -2.08. The Morgan fingerprint density at radius 3 is 2.60 bits per heavy atom. The molecular weight excluding hydrogens is 255 g/mol. The van der Waals surface area contributed by atoms with E-state index in [1.807, 2.05) is 34.9 Å². The van der Waals surface area contributed by atoms with Crippen LogP contribution in [-0.4, -0.2) is 14.8 Å². The van der Waals surface area contributed by atoms with E-state index in [1.165, 1.54) is 12.1 Å². The van der Waals surface area contributed by atoms with Crippen molar-refractivity contribution in [2.75, 3.05) is 5.32 Å². The molecule has 0 amide bonds. The Labute approximate surface area is 115 Å². The predicted molar refractivity (Wildman–Crippen MR) is 75.1 cm³/mol. The maximum Gasteiger partial charge on any atom is 0.123 e. The second kappa shape index (κ2) is 5.52. The first-order valence-corrected chi connectivity index (χ1v) is 6.25. The topological polar surface area (TPSA) is 42.7 Å². The van der Waals surface area contributed by atoms with Gasteiger partial charge in [-0.05, 0) is 35.9 Å². The number of benzene rings is 2. The van der Waals surface area contributed by atoms with Crippen LogP contribution in [-0.2, 0) is 6.54 Å². The summed E-state index contributed by atoms with van der Waals surface area (Å²) < 4.78 is 14.9. The van der Waals surface area contributed by atoms with Crippen LogP contribution in [0.2, 0.25) is 0 Å². The van der Waals surface area contributed by atoms with Crippen molar-refractivity contribution in [3.63, 3.8) is 0 Å². The minimum atomic E-state index is -0.220. The van der Waals surface area contributed by atoms with Gasteiger partial charge in [0.05, 0.1) is 5.69 Å². The molecule has 4 nitrogen and oxygen atoms in total. The van der Waals surface area contributed by atoms with Crippen molar-refractivity contribution >= 4 is 5.69 Å². The van der Waals surface area contributed by atoms with Gasteiger partial charge in [-0.3, -0.25) is 4.57 Å². The number of nitrogens with one attached hydrogen (secondary N) is 1. The quantitative estimate of drug-likeness (QED) is 0.791. The summed E-state index contributed by atoms with van der Waals surface area (Å²) in [5, 5.41) is 10.8. The fourth-order valence-electron chi connectivity index (χ4n) is 1.96. The predicted octanol–water partition coefficient (Wildman–Crippen LogP) is 3.02. The third kappa shape index (κ3) is 2.83. The van der Waals surface area contributed by atoms with Crippen LogP contribution in [0.3, 0.4) is 0 Å². The first-order chi connectivity index (χ1) is 9.81. The molecular formula is C15H13FN4. The van der Waals surface area contributed by atoms with Crippen LogP contribution < -0.4 is 5.32 Å². The molecule has 0 spiro atoms. The van der Waals surface area contributed by atoms with E-state index in [9.17, 15) is 4.39 Å². The maximum atomic E-state index is 13.1. The van der Waals surface area contributed by atoms with E-state index in [2.05, 4.69) is 15.5 Å². The number of hydrogen-bond acceptors (Lipinski definition) is 3. The zero-order valence-corrected chi connectivity index (χ0v) is 10.7. The third-order valence-electron chi connectivity index (χ3n) is 2.95. The van der Waals surface area contributed by atoms with E-state index < -0.39 is 0 Å². The van der Waals surface area contributed by atoms with Crippen LogP contribution in [0.4, 0.5) is 10.1 Å². The van der Waals surface area contributed by atoms with Crippen LogP contribution >= 0.6 is 0 Å². The van der Waals surface area contributed by atoms with Crippen LogP contribution in [0.5, 0.6) is 0 Å². The number of nitrogens with zero attached hydrogens (tertiary/aromatic N) is 3. The van der Waals surface area contributed by atoms with Crippen molar-refractivity contribution in [1.82, 2.24) is 14.8 Å². The molecule has 0 saturated carbocycles. The van der Waals surface area contributed by atoms with Gasteiger partial charge in [0.2, 0.25) is 0 Å². The molecule has 20 heavy (non-hydrogen) atoms. The Balaban J connectivity index is 1.73. The smallest absolute Gasteiger partial charge is 0.123 e. The fourth-order valence-corrected chi connectivity index (χ4v) is 1.96. The third-order valence-corrected chi connectivity index (χ3v) is 2.95. The first-order valence-electron chi connectivity index (χ1n) is 6.25. The van der Waals surface area contributed by atoms with E-state index in [-0.39, 0.29) is 5.82 Å². The van der Waals surface area contributed by atoms with Crippen LogP contribution in [0.15, 0.2) is 61.2 Å². The van der Waals surface area contributed by atoms with Gasteiger partial charge < -0.3 is 5.32 Å². The van der Waals surface area contributed by atoms with E-state index in [0.29, 0.717) is 6.54 Å². The molecule has 0 aliphatic heterocycles. The largest absolute Gasteiger partial charge is 0.381 e. The summed E-state index contributed by atoms with van der Waals surface area (Å²) in [6.45, 7) is 0.573. The van der Waals surface area contributed by atoms with Gasteiger partial charge in [0.25, 0.3) is 0 Å². The maximum absolute atomic E-state index is 13.1. The fraction of sp³-hybridized carbons (Fsp3) is 0.0667. The van der Waals surface area contributed by atoms with Crippen molar-refractivity contribution in [3.8, 4) is 5.69 Å². The second-order valence-electron chi connectivity index (χ2n) is 4.40. The van der Waals surface area contributed by atoms with Gasteiger partial charge in [0.15, 0.2) is 0 Å². The first kappa shape index (κ1) is 12.3. The van der Waals surface area contributed by atoms with E-state index in [0.717, 1.165) is 16.9 Å². The SMILES string of the molecule is Fc1cccc(CNc2cccc(-n3cnnc3)c2)c1. The number of rotatable bonds is 4. The Hall–Kier alpha value is -2.69. The van der Waals surface area contributed by atoms with Crippen LogP contribution in [0.1, 0.15) is 5.56 Å². The van der Waals surface area contributed by atoms with Crippen LogP contribution in [0.25, 0.3) is 5.69 Å². The lowest BCUT2D eigenvalue weighted by molar-refractivity contribution is 0.626. The lowest BCUT2D eigenvalue weighted by Crippen LogP contribution is -2.00. The molecule has 2 aromatic carbocycles. The molecule has 0 bridgehead atoms. The molecule has 5 heteroatoms. The van der Waals surface area contributed by atoms with Crippen molar-refractivity contribution < 1.29 is 4.39 Å². The number of hydrogen-bond donors (Lipinski definition) is 1.